The van der Waals surface area contributed by atoms with E-state index in [1.807, 2.05) is 52.9 Å². The summed E-state index contributed by atoms with van der Waals surface area (Å²) in [7, 11) is 0. The first-order valence-electron chi connectivity index (χ1n) is 8.25. The molecule has 2 aliphatic carbocycles. The summed E-state index contributed by atoms with van der Waals surface area (Å²) >= 11 is 2.05. The Kier molecular flexibility index (Phi) is 4.19. The van der Waals surface area contributed by atoms with Gasteiger partial charge < -0.3 is 5.11 Å². The molecular formula is C22H13IO4. The van der Waals surface area contributed by atoms with E-state index in [9.17, 15) is 14.4 Å². The molecule has 1 spiro atoms. The van der Waals surface area contributed by atoms with Gasteiger partial charge in [-0.2, -0.15) is 0 Å². The van der Waals surface area contributed by atoms with Crippen LogP contribution in [0, 0.1) is 0 Å². The summed E-state index contributed by atoms with van der Waals surface area (Å²) in [6.07, 6.45) is 6.67. The number of allylic oxidation sites excluding steroid dienone is 6. The Morgan fingerprint density at radius 2 is 1.56 bits per heavy atom. The van der Waals surface area contributed by atoms with E-state index in [1.165, 1.54) is 24.3 Å². The van der Waals surface area contributed by atoms with E-state index in [1.54, 1.807) is 18.2 Å². The Bertz CT molecular complexity index is 1070. The Morgan fingerprint density at radius 1 is 0.926 bits per heavy atom. The largest absolute Gasteiger partial charge is 0.478 e. The Morgan fingerprint density at radius 3 is 2.19 bits per heavy atom. The van der Waals surface area contributed by atoms with Crippen LogP contribution in [-0.4, -0.2) is 22.6 Å². The zero-order chi connectivity index (χ0) is 19.2. The van der Waals surface area contributed by atoms with Gasteiger partial charge in [-0.25, -0.2) is 4.79 Å². The highest BCUT2D eigenvalue weighted by molar-refractivity contribution is 14.1. The maximum Gasteiger partial charge on any atom is 0.335 e. The minimum Gasteiger partial charge on any atom is -0.478 e. The molecule has 5 heteroatoms. The number of carboxylic acid groups (broad SMARTS) is 1. The van der Waals surface area contributed by atoms with Crippen LogP contribution in [0.3, 0.4) is 0 Å². The molecule has 0 fully saturated rings. The lowest BCUT2D eigenvalue weighted by molar-refractivity contribution is -0.110. The number of hydrogen-bond donors (Lipinski definition) is 1. The monoisotopic (exact) mass is 468 g/mol. The molecule has 0 bridgehead atoms. The van der Waals surface area contributed by atoms with Crippen molar-refractivity contribution in [1.29, 1.82) is 0 Å². The molecule has 4 rings (SSSR count). The summed E-state index contributed by atoms with van der Waals surface area (Å²) in [5.41, 5.74) is 2.35. The summed E-state index contributed by atoms with van der Waals surface area (Å²) < 4.78 is 0.554. The quantitative estimate of drug-likeness (QED) is 0.666. The molecular weight excluding hydrogens is 455 g/mol. The Labute approximate surface area is 169 Å². The van der Waals surface area contributed by atoms with Crippen LogP contribution in [0.2, 0.25) is 0 Å². The predicted molar refractivity (Wildman–Crippen MR) is 110 cm³/mol. The van der Waals surface area contributed by atoms with Crippen LogP contribution in [0.1, 0.15) is 31.8 Å². The van der Waals surface area contributed by atoms with Crippen LogP contribution in [0.5, 0.6) is 0 Å². The third-order valence-corrected chi connectivity index (χ3v) is 5.92. The molecule has 1 N–H and O–H groups in total. The van der Waals surface area contributed by atoms with Crippen molar-refractivity contribution in [1.82, 2.24) is 0 Å². The molecule has 132 valence electrons. The van der Waals surface area contributed by atoms with Crippen molar-refractivity contribution in [2.75, 3.05) is 0 Å². The molecule has 2 aliphatic rings. The van der Waals surface area contributed by atoms with Crippen molar-refractivity contribution in [2.45, 2.75) is 5.41 Å². The lowest BCUT2D eigenvalue weighted by Gasteiger charge is -2.38. The van der Waals surface area contributed by atoms with E-state index in [0.717, 1.165) is 16.7 Å². The fourth-order valence-electron chi connectivity index (χ4n) is 3.62. The molecule has 0 heterocycles. The number of Topliss-reactive ketones (excluding diaryl/α,β-unsaturated/α-hetero) is 1. The highest BCUT2D eigenvalue weighted by Crippen LogP contribution is 2.50. The lowest BCUT2D eigenvalue weighted by atomic mass is 9.65. The van der Waals surface area contributed by atoms with Crippen LogP contribution >= 0.6 is 22.6 Å². The van der Waals surface area contributed by atoms with E-state index in [2.05, 4.69) is 0 Å². The zero-order valence-corrected chi connectivity index (χ0v) is 16.1. The minimum absolute atomic E-state index is 0.0761. The van der Waals surface area contributed by atoms with Gasteiger partial charge in [0.2, 0.25) is 0 Å². The molecule has 4 nitrogen and oxygen atoms in total. The average molecular weight is 468 g/mol. The smallest absolute Gasteiger partial charge is 0.335 e. The van der Waals surface area contributed by atoms with Gasteiger partial charge in [-0.15, -0.1) is 0 Å². The summed E-state index contributed by atoms with van der Waals surface area (Å²) in [4.78, 5) is 35.9. The van der Waals surface area contributed by atoms with Crippen LogP contribution < -0.4 is 0 Å². The van der Waals surface area contributed by atoms with Gasteiger partial charge in [-0.05, 0) is 63.6 Å². The second-order valence-electron chi connectivity index (χ2n) is 6.38. The highest BCUT2D eigenvalue weighted by atomic mass is 127. The second kappa shape index (κ2) is 6.42. The molecule has 0 aliphatic heterocycles. The lowest BCUT2D eigenvalue weighted by Crippen LogP contribution is -2.33. The summed E-state index contributed by atoms with van der Waals surface area (Å²) in [6.45, 7) is 0. The summed E-state index contributed by atoms with van der Waals surface area (Å²) in [6, 6.07) is 13.8. The normalized spacial score (nSPS) is 17.4. The van der Waals surface area contributed by atoms with Gasteiger partial charge >= 0.3 is 5.97 Å². The predicted octanol–water partition coefficient (Wildman–Crippen LogP) is 4.36. The number of benzene rings is 2. The van der Waals surface area contributed by atoms with Gasteiger partial charge in [0.15, 0.2) is 11.6 Å². The Balaban J connectivity index is 2.01. The van der Waals surface area contributed by atoms with Crippen molar-refractivity contribution in [3.05, 3.63) is 98.7 Å². The molecule has 0 amide bonds. The number of rotatable bonds is 2. The topological polar surface area (TPSA) is 71.4 Å². The number of ketones is 2. The third-order valence-electron chi connectivity index (χ3n) is 4.89. The number of fused-ring (bicyclic) bond motifs is 2. The SMILES string of the molecule is O=C1C=CC2(C=C1)C(c1ccc(C(=O)O)cc1)=C(I)C(=O)c1ccccc12. The zero-order valence-electron chi connectivity index (χ0n) is 14.0. The molecule has 2 aromatic carbocycles. The number of carboxylic acids is 1. The van der Waals surface area contributed by atoms with Gasteiger partial charge in [0.05, 0.1) is 14.6 Å². The van der Waals surface area contributed by atoms with Crippen molar-refractivity contribution >= 4 is 45.7 Å². The molecule has 0 radical (unpaired) electrons. The molecule has 2 aromatic rings. The number of carbonyl (C=O) groups is 3. The van der Waals surface area contributed by atoms with E-state index in [4.69, 9.17) is 5.11 Å². The fourth-order valence-corrected chi connectivity index (χ4v) is 4.67. The molecule has 27 heavy (non-hydrogen) atoms. The van der Waals surface area contributed by atoms with Gasteiger partial charge in [0.25, 0.3) is 0 Å². The fraction of sp³-hybridized carbons (Fsp3) is 0.0455. The van der Waals surface area contributed by atoms with Gasteiger partial charge in [-0.1, -0.05) is 48.6 Å². The maximum atomic E-state index is 13.0. The van der Waals surface area contributed by atoms with E-state index >= 15 is 0 Å². The van der Waals surface area contributed by atoms with Crippen LogP contribution in [-0.2, 0) is 10.2 Å². The van der Waals surface area contributed by atoms with Crippen LogP contribution in [0.15, 0.2) is 76.4 Å². The van der Waals surface area contributed by atoms with E-state index < -0.39 is 11.4 Å². The number of halogens is 1. The highest BCUT2D eigenvalue weighted by Gasteiger charge is 2.43. The molecule has 0 aromatic heterocycles. The van der Waals surface area contributed by atoms with Crippen molar-refractivity contribution in [3.8, 4) is 0 Å². The second-order valence-corrected chi connectivity index (χ2v) is 7.46. The first kappa shape index (κ1) is 17.6. The average Bonchev–Trinajstić information content (AvgIpc) is 2.69. The van der Waals surface area contributed by atoms with Gasteiger partial charge in [-0.3, -0.25) is 9.59 Å². The number of carbonyl (C=O) groups excluding carboxylic acids is 2. The Hall–Kier alpha value is -2.80. The number of aromatic carboxylic acids is 1. The van der Waals surface area contributed by atoms with Crippen LogP contribution in [0.4, 0.5) is 0 Å². The van der Waals surface area contributed by atoms with E-state index in [0.29, 0.717) is 9.14 Å². The van der Waals surface area contributed by atoms with Gasteiger partial charge in [0.1, 0.15) is 0 Å². The van der Waals surface area contributed by atoms with Gasteiger partial charge in [0, 0.05) is 5.56 Å². The first-order chi connectivity index (χ1) is 12.9. The van der Waals surface area contributed by atoms with Crippen LogP contribution in [0.25, 0.3) is 5.57 Å². The van der Waals surface area contributed by atoms with Crippen molar-refractivity contribution in [2.24, 2.45) is 0 Å². The first-order valence-corrected chi connectivity index (χ1v) is 9.32. The molecule has 0 saturated carbocycles. The van der Waals surface area contributed by atoms with E-state index in [-0.39, 0.29) is 17.1 Å². The molecule has 0 saturated heterocycles. The van der Waals surface area contributed by atoms with Crippen molar-refractivity contribution < 1.29 is 19.5 Å². The summed E-state index contributed by atoms with van der Waals surface area (Å²) in [5, 5.41) is 9.15. The maximum absolute atomic E-state index is 13.0. The minimum atomic E-state index is -1.01. The van der Waals surface area contributed by atoms with Crippen molar-refractivity contribution in [3.63, 3.8) is 0 Å². The summed E-state index contributed by atoms with van der Waals surface area (Å²) in [5.74, 6) is -1.19. The molecule has 0 atom stereocenters. The molecule has 0 unspecified atom stereocenters. The third kappa shape index (κ3) is 2.70. The standard InChI is InChI=1S/C22H13IO4/c23-19-18(13-5-7-14(8-6-13)21(26)27)22(11-9-15(24)10-12-22)17-4-2-1-3-16(17)20(19)25/h1-12H,(H,26,27). The number of hydrogen-bond acceptors (Lipinski definition) is 3.